The monoisotopic (exact) mass is 422 g/mol. The van der Waals surface area contributed by atoms with Crippen LogP contribution in [0.15, 0.2) is 48.5 Å². The predicted octanol–water partition coefficient (Wildman–Crippen LogP) is 5.32. The van der Waals surface area contributed by atoms with Gasteiger partial charge in [0, 0.05) is 29.1 Å². The van der Waals surface area contributed by atoms with Gasteiger partial charge in [-0.2, -0.15) is 15.5 Å². The van der Waals surface area contributed by atoms with E-state index in [0.29, 0.717) is 58.1 Å². The van der Waals surface area contributed by atoms with Gasteiger partial charge >= 0.3 is 0 Å². The molecule has 6 nitrogen and oxygen atoms in total. The van der Waals surface area contributed by atoms with E-state index in [-0.39, 0.29) is 0 Å². The van der Waals surface area contributed by atoms with Crippen molar-refractivity contribution in [3.05, 3.63) is 75.4 Å². The van der Waals surface area contributed by atoms with Crippen LogP contribution in [-0.2, 0) is 6.42 Å². The number of hydrogen-bond donors (Lipinski definition) is 2. The van der Waals surface area contributed by atoms with Gasteiger partial charge in [-0.05, 0) is 29.8 Å². The van der Waals surface area contributed by atoms with Crippen molar-refractivity contribution in [2.75, 3.05) is 17.2 Å². The van der Waals surface area contributed by atoms with Crippen LogP contribution in [0.3, 0.4) is 0 Å². The van der Waals surface area contributed by atoms with Gasteiger partial charge in [0.2, 0.25) is 5.95 Å². The zero-order valence-corrected chi connectivity index (χ0v) is 16.8. The minimum absolute atomic E-state index is 0.327. The van der Waals surface area contributed by atoms with Gasteiger partial charge in [-0.1, -0.05) is 41.4 Å². The van der Waals surface area contributed by atoms with Gasteiger partial charge in [0.25, 0.3) is 0 Å². The van der Waals surface area contributed by atoms with E-state index in [9.17, 15) is 5.26 Å². The second-order valence-corrected chi connectivity index (χ2v) is 6.88. The average Bonchev–Trinajstić information content (AvgIpc) is 2.71. The lowest BCUT2D eigenvalue weighted by atomic mass is 10.1. The molecule has 0 saturated carbocycles. The van der Waals surface area contributed by atoms with Gasteiger partial charge in [-0.15, -0.1) is 0 Å². The van der Waals surface area contributed by atoms with Gasteiger partial charge in [0.1, 0.15) is 11.9 Å². The van der Waals surface area contributed by atoms with E-state index in [0.717, 1.165) is 5.56 Å². The van der Waals surface area contributed by atoms with Crippen LogP contribution in [0.2, 0.25) is 10.0 Å². The Morgan fingerprint density at radius 1 is 0.966 bits per heavy atom. The Morgan fingerprint density at radius 3 is 2.45 bits per heavy atom. The third-order valence-electron chi connectivity index (χ3n) is 4.04. The lowest BCUT2D eigenvalue weighted by molar-refractivity contribution is 1.00. The minimum atomic E-state index is 0.327. The fourth-order valence-electron chi connectivity index (χ4n) is 2.67. The molecule has 3 aromatic rings. The summed E-state index contributed by atoms with van der Waals surface area (Å²) in [7, 11) is 0. The first-order valence-electron chi connectivity index (χ1n) is 8.78. The van der Waals surface area contributed by atoms with Gasteiger partial charge < -0.3 is 10.6 Å². The Morgan fingerprint density at radius 2 is 1.72 bits per heavy atom. The summed E-state index contributed by atoms with van der Waals surface area (Å²) < 4.78 is 0. The molecule has 0 aliphatic carbocycles. The maximum Gasteiger partial charge on any atom is 0.229 e. The van der Waals surface area contributed by atoms with Gasteiger partial charge in [-0.25, -0.2) is 4.98 Å². The molecule has 1 heterocycles. The summed E-state index contributed by atoms with van der Waals surface area (Å²) in [5.41, 5.74) is 2.54. The van der Waals surface area contributed by atoms with Crippen molar-refractivity contribution in [3.8, 4) is 12.1 Å². The molecule has 0 aliphatic rings. The molecule has 0 fully saturated rings. The van der Waals surface area contributed by atoms with Crippen molar-refractivity contribution in [3.63, 3.8) is 0 Å². The van der Waals surface area contributed by atoms with Crippen LogP contribution in [-0.4, -0.2) is 16.5 Å². The Labute approximate surface area is 178 Å². The molecule has 144 valence electrons. The van der Waals surface area contributed by atoms with Gasteiger partial charge in [0.05, 0.1) is 29.4 Å². The van der Waals surface area contributed by atoms with Crippen molar-refractivity contribution in [1.29, 1.82) is 10.5 Å². The molecule has 0 atom stereocenters. The highest BCUT2D eigenvalue weighted by Gasteiger charge is 2.12. The van der Waals surface area contributed by atoms with Crippen molar-refractivity contribution in [1.82, 2.24) is 9.97 Å². The first-order valence-corrected chi connectivity index (χ1v) is 9.54. The van der Waals surface area contributed by atoms with Crippen LogP contribution in [0, 0.1) is 22.7 Å². The molecule has 0 amide bonds. The number of nitrogens with zero attached hydrogens (tertiary/aromatic N) is 4. The van der Waals surface area contributed by atoms with Crippen LogP contribution >= 0.6 is 23.2 Å². The lowest BCUT2D eigenvalue weighted by Crippen LogP contribution is -2.08. The summed E-state index contributed by atoms with van der Waals surface area (Å²) in [4.78, 5) is 9.00. The number of hydrogen-bond acceptors (Lipinski definition) is 6. The van der Waals surface area contributed by atoms with Gasteiger partial charge in [0.15, 0.2) is 0 Å². The number of nitriles is 2. The molecule has 1 aromatic heterocycles. The number of halogens is 2. The van der Waals surface area contributed by atoms with Crippen LogP contribution < -0.4 is 10.6 Å². The fraction of sp³-hybridized carbons (Fsp3) is 0.143. The highest BCUT2D eigenvalue weighted by atomic mass is 35.5. The zero-order valence-electron chi connectivity index (χ0n) is 15.3. The molecule has 29 heavy (non-hydrogen) atoms. The molecule has 2 aromatic carbocycles. The maximum atomic E-state index is 9.30. The van der Waals surface area contributed by atoms with E-state index in [4.69, 9.17) is 28.5 Å². The smallest absolute Gasteiger partial charge is 0.229 e. The third-order valence-corrected chi connectivity index (χ3v) is 4.74. The van der Waals surface area contributed by atoms with E-state index in [1.807, 2.05) is 6.07 Å². The summed E-state index contributed by atoms with van der Waals surface area (Å²) in [6.45, 7) is 0.452. The average molecular weight is 423 g/mol. The molecule has 8 heteroatoms. The second kappa shape index (κ2) is 9.75. The van der Waals surface area contributed by atoms with E-state index in [1.54, 1.807) is 42.5 Å². The number of anilines is 3. The van der Waals surface area contributed by atoms with E-state index in [2.05, 4.69) is 32.7 Å². The Hall–Kier alpha value is -3.32. The Balaban J connectivity index is 1.95. The Bertz CT molecular complexity index is 1080. The first-order chi connectivity index (χ1) is 14.1. The number of nitrogens with one attached hydrogen (secondary N) is 2. The molecule has 0 unspecified atom stereocenters. The quantitative estimate of drug-likeness (QED) is 0.500. The van der Waals surface area contributed by atoms with Crippen molar-refractivity contribution >= 4 is 40.7 Å². The number of aromatic nitrogens is 2. The topological polar surface area (TPSA) is 97.4 Å². The molecule has 3 rings (SSSR count). The largest absolute Gasteiger partial charge is 0.369 e. The lowest BCUT2D eigenvalue weighted by Gasteiger charge is -2.12. The van der Waals surface area contributed by atoms with Crippen LogP contribution in [0.5, 0.6) is 0 Å². The predicted molar refractivity (Wildman–Crippen MR) is 114 cm³/mol. The Kier molecular flexibility index (Phi) is 6.86. The minimum Gasteiger partial charge on any atom is -0.369 e. The van der Waals surface area contributed by atoms with Crippen LogP contribution in [0.25, 0.3) is 0 Å². The van der Waals surface area contributed by atoms with Crippen LogP contribution in [0.1, 0.15) is 23.2 Å². The second-order valence-electron chi connectivity index (χ2n) is 6.06. The molecule has 0 aliphatic heterocycles. The highest BCUT2D eigenvalue weighted by Crippen LogP contribution is 2.27. The molecule has 0 saturated heterocycles. The summed E-state index contributed by atoms with van der Waals surface area (Å²) in [6.07, 6.45) is 0.748. The summed E-state index contributed by atoms with van der Waals surface area (Å²) in [5.74, 6) is 0.887. The van der Waals surface area contributed by atoms with Gasteiger partial charge in [-0.3, -0.25) is 0 Å². The van der Waals surface area contributed by atoms with E-state index < -0.39 is 0 Å². The first kappa shape index (κ1) is 20.4. The molecule has 2 N–H and O–H groups in total. The summed E-state index contributed by atoms with van der Waals surface area (Å²) >= 11 is 12.6. The zero-order chi connectivity index (χ0) is 20.6. The fourth-order valence-corrected chi connectivity index (χ4v) is 3.20. The normalized spacial score (nSPS) is 10.1. The molecular formula is C21H16Cl2N6. The molecule has 0 radical (unpaired) electrons. The van der Waals surface area contributed by atoms with E-state index in [1.165, 1.54) is 0 Å². The summed E-state index contributed by atoms with van der Waals surface area (Å²) in [6, 6.07) is 18.4. The van der Waals surface area contributed by atoms with Crippen molar-refractivity contribution in [2.45, 2.75) is 12.8 Å². The standard InChI is InChI=1S/C21H16Cl2N6/c22-17-6-3-7-18(23)16(17)11-15-12-20(26-10-4-9-24)29-21(27-15)28-19-8-2-1-5-14(19)13-25/h1-3,5-8,12H,4,10-11H2,(H2,26,27,28,29). The van der Waals surface area contributed by atoms with Crippen molar-refractivity contribution in [2.24, 2.45) is 0 Å². The number of para-hydroxylation sites is 1. The SMILES string of the molecule is N#CCCNc1cc(Cc2c(Cl)cccc2Cl)nc(Nc2ccccc2C#N)n1. The molecule has 0 bridgehead atoms. The number of benzene rings is 2. The molecular weight excluding hydrogens is 407 g/mol. The summed E-state index contributed by atoms with van der Waals surface area (Å²) in [5, 5.41) is 25.4. The maximum absolute atomic E-state index is 9.30. The highest BCUT2D eigenvalue weighted by molar-refractivity contribution is 6.36. The molecule has 0 spiro atoms. The van der Waals surface area contributed by atoms with Crippen molar-refractivity contribution < 1.29 is 0 Å². The van der Waals surface area contributed by atoms with E-state index >= 15 is 0 Å². The number of rotatable bonds is 7. The third kappa shape index (κ3) is 5.36. The van der Waals surface area contributed by atoms with Crippen LogP contribution in [0.4, 0.5) is 17.5 Å².